The van der Waals surface area contributed by atoms with Crippen LogP contribution in [0.25, 0.3) is 11.0 Å². The maximum absolute atomic E-state index is 13.4. The van der Waals surface area contributed by atoms with E-state index in [1.807, 2.05) is 6.92 Å². The molecule has 0 aliphatic carbocycles. The summed E-state index contributed by atoms with van der Waals surface area (Å²) in [5, 5.41) is 0. The van der Waals surface area contributed by atoms with Gasteiger partial charge in [0.15, 0.2) is 5.82 Å². The van der Waals surface area contributed by atoms with Crippen molar-refractivity contribution < 1.29 is 4.39 Å². The van der Waals surface area contributed by atoms with Crippen molar-refractivity contribution in [2.45, 2.75) is 6.92 Å². The van der Waals surface area contributed by atoms with Crippen LogP contribution in [0.5, 0.6) is 0 Å². The standard InChI is InChI=1S/C9H10FN3/c1-5-12-8-4-6(11)3-7(10)9(8)13(5)2/h3-4H,11H2,1-2H3. The molecule has 1 heterocycles. The van der Waals surface area contributed by atoms with Crippen LogP contribution >= 0.6 is 0 Å². The second-order valence-corrected chi connectivity index (χ2v) is 3.09. The first kappa shape index (κ1) is 8.04. The van der Waals surface area contributed by atoms with Gasteiger partial charge in [-0.2, -0.15) is 0 Å². The van der Waals surface area contributed by atoms with Gasteiger partial charge >= 0.3 is 0 Å². The summed E-state index contributed by atoms with van der Waals surface area (Å²) in [4.78, 5) is 4.18. The van der Waals surface area contributed by atoms with Crippen molar-refractivity contribution >= 4 is 16.7 Å². The molecule has 2 N–H and O–H groups in total. The van der Waals surface area contributed by atoms with Crippen LogP contribution in [0, 0.1) is 12.7 Å². The van der Waals surface area contributed by atoms with E-state index in [0.717, 1.165) is 5.82 Å². The molecule has 68 valence electrons. The molecule has 0 unspecified atom stereocenters. The molecular formula is C9H10FN3. The van der Waals surface area contributed by atoms with Crippen LogP contribution < -0.4 is 5.73 Å². The number of nitrogens with two attached hydrogens (primary N) is 1. The number of imidazole rings is 1. The zero-order valence-electron chi connectivity index (χ0n) is 7.50. The Kier molecular flexibility index (Phi) is 1.52. The summed E-state index contributed by atoms with van der Waals surface area (Å²) >= 11 is 0. The maximum Gasteiger partial charge on any atom is 0.151 e. The number of aryl methyl sites for hydroxylation is 2. The Hall–Kier alpha value is -1.58. The number of anilines is 1. The monoisotopic (exact) mass is 179 g/mol. The van der Waals surface area contributed by atoms with Crippen molar-refractivity contribution in [3.8, 4) is 0 Å². The highest BCUT2D eigenvalue weighted by atomic mass is 19.1. The quantitative estimate of drug-likeness (QED) is 0.624. The number of nitrogen functional groups attached to an aromatic ring is 1. The molecule has 1 aromatic heterocycles. The first-order chi connectivity index (χ1) is 6.09. The minimum atomic E-state index is -0.321. The van der Waals surface area contributed by atoms with Gasteiger partial charge in [-0.3, -0.25) is 0 Å². The van der Waals surface area contributed by atoms with Crippen molar-refractivity contribution in [3.63, 3.8) is 0 Å². The lowest BCUT2D eigenvalue weighted by Gasteiger charge is -1.98. The highest BCUT2D eigenvalue weighted by Crippen LogP contribution is 2.21. The molecule has 0 radical (unpaired) electrons. The predicted octanol–water partition coefficient (Wildman–Crippen LogP) is 1.60. The largest absolute Gasteiger partial charge is 0.399 e. The van der Waals surface area contributed by atoms with Crippen molar-refractivity contribution in [2.24, 2.45) is 7.05 Å². The van der Waals surface area contributed by atoms with Gasteiger partial charge in [0, 0.05) is 12.7 Å². The van der Waals surface area contributed by atoms with Gasteiger partial charge in [-0.15, -0.1) is 0 Å². The average molecular weight is 179 g/mol. The average Bonchev–Trinajstić information content (AvgIpc) is 2.27. The van der Waals surface area contributed by atoms with E-state index >= 15 is 0 Å². The highest BCUT2D eigenvalue weighted by molar-refractivity contribution is 5.80. The highest BCUT2D eigenvalue weighted by Gasteiger charge is 2.09. The number of benzene rings is 1. The lowest BCUT2D eigenvalue weighted by atomic mass is 10.2. The van der Waals surface area contributed by atoms with E-state index in [-0.39, 0.29) is 5.82 Å². The summed E-state index contributed by atoms with van der Waals surface area (Å²) < 4.78 is 15.1. The number of aromatic nitrogens is 2. The van der Waals surface area contributed by atoms with E-state index in [9.17, 15) is 4.39 Å². The Balaban J connectivity index is 2.94. The molecule has 0 aliphatic rings. The zero-order chi connectivity index (χ0) is 9.59. The van der Waals surface area contributed by atoms with E-state index in [1.165, 1.54) is 6.07 Å². The molecule has 0 atom stereocenters. The fourth-order valence-electron chi connectivity index (χ4n) is 1.43. The van der Waals surface area contributed by atoms with Gasteiger partial charge in [0.1, 0.15) is 11.3 Å². The molecule has 3 nitrogen and oxygen atoms in total. The van der Waals surface area contributed by atoms with Gasteiger partial charge < -0.3 is 10.3 Å². The third-order valence-corrected chi connectivity index (χ3v) is 2.17. The second-order valence-electron chi connectivity index (χ2n) is 3.09. The topological polar surface area (TPSA) is 43.8 Å². The van der Waals surface area contributed by atoms with Crippen molar-refractivity contribution in [1.82, 2.24) is 9.55 Å². The molecule has 0 aliphatic heterocycles. The number of halogens is 1. The summed E-state index contributed by atoms with van der Waals surface area (Å²) in [7, 11) is 1.78. The molecule has 0 amide bonds. The minimum Gasteiger partial charge on any atom is -0.399 e. The summed E-state index contributed by atoms with van der Waals surface area (Å²) in [6, 6.07) is 2.98. The Labute approximate surface area is 75.0 Å². The molecule has 0 saturated carbocycles. The second kappa shape index (κ2) is 2.45. The number of hydrogen-bond donors (Lipinski definition) is 1. The molecule has 1 aromatic carbocycles. The molecule has 0 saturated heterocycles. The first-order valence-corrected chi connectivity index (χ1v) is 3.97. The molecule has 0 fully saturated rings. The van der Waals surface area contributed by atoms with Crippen LogP contribution in [0.2, 0.25) is 0 Å². The third kappa shape index (κ3) is 1.06. The van der Waals surface area contributed by atoms with Crippen molar-refractivity contribution in [3.05, 3.63) is 23.8 Å². The molecule has 0 bridgehead atoms. The van der Waals surface area contributed by atoms with Crippen LogP contribution in [0.3, 0.4) is 0 Å². The van der Waals surface area contributed by atoms with Crippen LogP contribution in [0.4, 0.5) is 10.1 Å². The Morgan fingerprint density at radius 3 is 2.85 bits per heavy atom. The molecular weight excluding hydrogens is 169 g/mol. The summed E-state index contributed by atoms with van der Waals surface area (Å²) in [5.41, 5.74) is 7.02. The van der Waals surface area contributed by atoms with Crippen LogP contribution in [0.1, 0.15) is 5.82 Å². The number of rotatable bonds is 0. The lowest BCUT2D eigenvalue weighted by Crippen LogP contribution is -1.93. The summed E-state index contributed by atoms with van der Waals surface area (Å²) in [6.07, 6.45) is 0. The van der Waals surface area contributed by atoms with E-state index in [0.29, 0.717) is 16.7 Å². The van der Waals surface area contributed by atoms with Gasteiger partial charge in [-0.25, -0.2) is 9.37 Å². The molecule has 13 heavy (non-hydrogen) atoms. The fourth-order valence-corrected chi connectivity index (χ4v) is 1.43. The number of hydrogen-bond acceptors (Lipinski definition) is 2. The summed E-state index contributed by atoms with van der Waals surface area (Å²) in [6.45, 7) is 1.83. The molecule has 4 heteroatoms. The normalized spacial score (nSPS) is 11.0. The fraction of sp³-hybridized carbons (Fsp3) is 0.222. The van der Waals surface area contributed by atoms with Gasteiger partial charge in [0.25, 0.3) is 0 Å². The Bertz CT molecular complexity index is 473. The van der Waals surface area contributed by atoms with Crippen molar-refractivity contribution in [1.29, 1.82) is 0 Å². The Morgan fingerprint density at radius 2 is 2.15 bits per heavy atom. The van der Waals surface area contributed by atoms with Gasteiger partial charge in [-0.1, -0.05) is 0 Å². The number of fused-ring (bicyclic) bond motifs is 1. The van der Waals surface area contributed by atoms with E-state index < -0.39 is 0 Å². The Morgan fingerprint density at radius 1 is 1.46 bits per heavy atom. The minimum absolute atomic E-state index is 0.321. The van der Waals surface area contributed by atoms with E-state index in [4.69, 9.17) is 5.73 Å². The molecule has 2 aromatic rings. The smallest absolute Gasteiger partial charge is 0.151 e. The van der Waals surface area contributed by atoms with Gasteiger partial charge in [0.05, 0.1) is 5.52 Å². The number of nitrogens with zero attached hydrogens (tertiary/aromatic N) is 2. The summed E-state index contributed by atoms with van der Waals surface area (Å²) in [5.74, 6) is 0.456. The first-order valence-electron chi connectivity index (χ1n) is 3.97. The van der Waals surface area contributed by atoms with Crippen molar-refractivity contribution in [2.75, 3.05) is 5.73 Å². The van der Waals surface area contributed by atoms with Crippen LogP contribution in [-0.2, 0) is 7.05 Å². The van der Waals surface area contributed by atoms with Crippen LogP contribution in [-0.4, -0.2) is 9.55 Å². The third-order valence-electron chi connectivity index (χ3n) is 2.17. The van der Waals surface area contributed by atoms with Gasteiger partial charge in [0.2, 0.25) is 0 Å². The van der Waals surface area contributed by atoms with E-state index in [1.54, 1.807) is 17.7 Å². The molecule has 0 spiro atoms. The van der Waals surface area contributed by atoms with E-state index in [2.05, 4.69) is 4.98 Å². The molecule has 2 rings (SSSR count). The predicted molar refractivity (Wildman–Crippen MR) is 49.8 cm³/mol. The maximum atomic E-state index is 13.4. The van der Waals surface area contributed by atoms with Gasteiger partial charge in [-0.05, 0) is 19.1 Å². The van der Waals surface area contributed by atoms with Crippen LogP contribution in [0.15, 0.2) is 12.1 Å². The zero-order valence-corrected chi connectivity index (χ0v) is 7.50. The SMILES string of the molecule is Cc1nc2cc(N)cc(F)c2n1C. The lowest BCUT2D eigenvalue weighted by molar-refractivity contribution is 0.631.